The topological polar surface area (TPSA) is 35.0 Å². The lowest BCUT2D eigenvalue weighted by atomic mass is 10.1. The molecule has 1 aromatic carbocycles. The Balaban J connectivity index is 2.34. The zero-order valence-electron chi connectivity index (χ0n) is 7.77. The highest BCUT2D eigenvalue weighted by Gasteiger charge is 1.98. The lowest BCUT2D eigenvalue weighted by Crippen LogP contribution is -1.91. The summed E-state index contributed by atoms with van der Waals surface area (Å²) in [6.07, 6.45) is 3.46. The van der Waals surface area contributed by atoms with Crippen LogP contribution in [0, 0.1) is 6.07 Å². The fourth-order valence-corrected chi connectivity index (χ4v) is 1.14. The van der Waals surface area contributed by atoms with Crippen molar-refractivity contribution in [1.82, 2.24) is 9.97 Å². The van der Waals surface area contributed by atoms with Crippen molar-refractivity contribution >= 4 is 0 Å². The van der Waals surface area contributed by atoms with Crippen LogP contribution in [0.1, 0.15) is 0 Å². The first-order valence-corrected chi connectivity index (χ1v) is 4.22. The second-order valence-electron chi connectivity index (χ2n) is 2.75. The van der Waals surface area contributed by atoms with Gasteiger partial charge in [0.2, 0.25) is 0 Å². The van der Waals surface area contributed by atoms with Gasteiger partial charge in [-0.25, -0.2) is 9.97 Å². The lowest BCUT2D eigenvalue weighted by molar-refractivity contribution is 0.380. The van der Waals surface area contributed by atoms with Crippen molar-refractivity contribution < 1.29 is 4.74 Å². The first kappa shape index (κ1) is 8.69. The molecule has 3 nitrogen and oxygen atoms in total. The average molecular weight is 185 g/mol. The summed E-state index contributed by atoms with van der Waals surface area (Å²) < 4.78 is 4.88. The first-order chi connectivity index (χ1) is 6.90. The fourth-order valence-electron chi connectivity index (χ4n) is 1.14. The van der Waals surface area contributed by atoms with E-state index in [-0.39, 0.29) is 0 Å². The molecule has 69 valence electrons. The minimum absolute atomic E-state index is 0.383. The van der Waals surface area contributed by atoms with Crippen molar-refractivity contribution in [3.8, 4) is 17.1 Å². The molecule has 3 heteroatoms. The van der Waals surface area contributed by atoms with E-state index in [1.165, 1.54) is 0 Å². The van der Waals surface area contributed by atoms with E-state index in [1.54, 1.807) is 19.5 Å². The summed E-state index contributed by atoms with van der Waals surface area (Å²) in [5.74, 6) is 0. The quantitative estimate of drug-likeness (QED) is 0.717. The Morgan fingerprint density at radius 1 is 1.21 bits per heavy atom. The van der Waals surface area contributed by atoms with E-state index in [4.69, 9.17) is 4.74 Å². The van der Waals surface area contributed by atoms with E-state index in [0.717, 1.165) is 11.1 Å². The number of ether oxygens (including phenoxy) is 1. The van der Waals surface area contributed by atoms with Gasteiger partial charge in [-0.15, -0.1) is 0 Å². The average Bonchev–Trinajstić information content (AvgIpc) is 2.30. The summed E-state index contributed by atoms with van der Waals surface area (Å²) in [7, 11) is 1.55. The molecule has 14 heavy (non-hydrogen) atoms. The lowest BCUT2D eigenvalue weighted by Gasteiger charge is -2.00. The molecule has 0 aliphatic carbocycles. The van der Waals surface area contributed by atoms with E-state index in [0.29, 0.717) is 6.01 Å². The molecule has 0 N–H and O–H groups in total. The van der Waals surface area contributed by atoms with Crippen LogP contribution >= 0.6 is 0 Å². The molecule has 0 fully saturated rings. The molecule has 0 aliphatic rings. The van der Waals surface area contributed by atoms with Crippen LogP contribution in [-0.2, 0) is 0 Å². The predicted molar refractivity (Wildman–Crippen MR) is 52.9 cm³/mol. The Labute approximate surface area is 82.4 Å². The Bertz CT molecular complexity index is 397. The summed E-state index contributed by atoms with van der Waals surface area (Å²) >= 11 is 0. The van der Waals surface area contributed by atoms with Crippen LogP contribution in [-0.4, -0.2) is 17.1 Å². The van der Waals surface area contributed by atoms with Crippen LogP contribution in [0.2, 0.25) is 0 Å². The van der Waals surface area contributed by atoms with Gasteiger partial charge in [-0.3, -0.25) is 0 Å². The van der Waals surface area contributed by atoms with E-state index in [1.807, 2.05) is 24.3 Å². The SMILES string of the molecule is COc1ncc(-c2c[c]ccc2)cn1. The molecule has 2 aromatic rings. The maximum Gasteiger partial charge on any atom is 0.316 e. The van der Waals surface area contributed by atoms with Gasteiger partial charge in [0.05, 0.1) is 7.11 Å². The molecular weight excluding hydrogens is 176 g/mol. The standard InChI is InChI=1S/C11H9N2O/c1-14-11-12-7-10(8-13-11)9-5-3-2-4-6-9/h2-3,5-8H,1H3. The summed E-state index contributed by atoms with van der Waals surface area (Å²) in [4.78, 5) is 8.05. The molecule has 0 unspecified atom stereocenters. The van der Waals surface area contributed by atoms with Crippen molar-refractivity contribution in [3.05, 3.63) is 42.7 Å². The van der Waals surface area contributed by atoms with Gasteiger partial charge in [-0.05, 0) is 17.7 Å². The first-order valence-electron chi connectivity index (χ1n) is 4.22. The Hall–Kier alpha value is -1.90. The van der Waals surface area contributed by atoms with Gasteiger partial charge in [-0.2, -0.15) is 0 Å². The minimum atomic E-state index is 0.383. The second-order valence-corrected chi connectivity index (χ2v) is 2.75. The highest BCUT2D eigenvalue weighted by Crippen LogP contribution is 2.17. The third-order valence-corrected chi connectivity index (χ3v) is 1.85. The van der Waals surface area contributed by atoms with Crippen molar-refractivity contribution in [2.75, 3.05) is 7.11 Å². The van der Waals surface area contributed by atoms with Crippen LogP contribution in [0.4, 0.5) is 0 Å². The highest BCUT2D eigenvalue weighted by molar-refractivity contribution is 5.60. The molecule has 0 amide bonds. The number of methoxy groups -OCH3 is 1. The minimum Gasteiger partial charge on any atom is -0.467 e. The van der Waals surface area contributed by atoms with Gasteiger partial charge >= 0.3 is 6.01 Å². The van der Waals surface area contributed by atoms with E-state index in [2.05, 4.69) is 16.0 Å². The molecule has 0 saturated carbocycles. The number of aromatic nitrogens is 2. The maximum atomic E-state index is 4.88. The fraction of sp³-hybridized carbons (Fsp3) is 0.0909. The molecule has 0 atom stereocenters. The van der Waals surface area contributed by atoms with Crippen molar-refractivity contribution in [3.63, 3.8) is 0 Å². The monoisotopic (exact) mass is 185 g/mol. The zero-order valence-corrected chi connectivity index (χ0v) is 7.77. The predicted octanol–water partition coefficient (Wildman–Crippen LogP) is 1.95. The van der Waals surface area contributed by atoms with Gasteiger partial charge in [0.1, 0.15) is 0 Å². The summed E-state index contributed by atoms with van der Waals surface area (Å²) in [6.45, 7) is 0. The van der Waals surface area contributed by atoms with Gasteiger partial charge in [0, 0.05) is 18.0 Å². The van der Waals surface area contributed by atoms with E-state index >= 15 is 0 Å². The van der Waals surface area contributed by atoms with Crippen LogP contribution in [0.25, 0.3) is 11.1 Å². The van der Waals surface area contributed by atoms with E-state index in [9.17, 15) is 0 Å². The molecule has 2 rings (SSSR count). The number of nitrogens with zero attached hydrogens (tertiary/aromatic N) is 2. The second kappa shape index (κ2) is 3.87. The van der Waals surface area contributed by atoms with Gasteiger partial charge < -0.3 is 4.74 Å². The van der Waals surface area contributed by atoms with Crippen LogP contribution < -0.4 is 4.74 Å². The zero-order chi connectivity index (χ0) is 9.80. The largest absolute Gasteiger partial charge is 0.467 e. The smallest absolute Gasteiger partial charge is 0.316 e. The Morgan fingerprint density at radius 2 is 2.00 bits per heavy atom. The summed E-state index contributed by atoms with van der Waals surface area (Å²) in [5, 5.41) is 0. The molecule has 1 radical (unpaired) electrons. The molecular formula is C11H9N2O. The van der Waals surface area contributed by atoms with Crippen LogP contribution in [0.3, 0.4) is 0 Å². The maximum absolute atomic E-state index is 4.88. The Morgan fingerprint density at radius 3 is 2.57 bits per heavy atom. The molecule has 0 saturated heterocycles. The van der Waals surface area contributed by atoms with Crippen molar-refractivity contribution in [1.29, 1.82) is 0 Å². The third-order valence-electron chi connectivity index (χ3n) is 1.85. The van der Waals surface area contributed by atoms with Crippen LogP contribution in [0.15, 0.2) is 36.7 Å². The number of hydrogen-bond donors (Lipinski definition) is 0. The van der Waals surface area contributed by atoms with Gasteiger partial charge in [0.15, 0.2) is 0 Å². The van der Waals surface area contributed by atoms with Gasteiger partial charge in [-0.1, -0.05) is 18.2 Å². The molecule has 0 spiro atoms. The number of benzene rings is 1. The molecule has 0 aliphatic heterocycles. The number of hydrogen-bond acceptors (Lipinski definition) is 3. The molecule has 1 heterocycles. The van der Waals surface area contributed by atoms with E-state index < -0.39 is 0 Å². The highest BCUT2D eigenvalue weighted by atomic mass is 16.5. The van der Waals surface area contributed by atoms with Gasteiger partial charge in [0.25, 0.3) is 0 Å². The third kappa shape index (κ3) is 1.71. The number of rotatable bonds is 2. The molecule has 0 bridgehead atoms. The Kier molecular flexibility index (Phi) is 2.40. The van der Waals surface area contributed by atoms with Crippen LogP contribution in [0.5, 0.6) is 6.01 Å². The summed E-state index contributed by atoms with van der Waals surface area (Å²) in [5.41, 5.74) is 2.01. The normalized spacial score (nSPS) is 9.79. The molecule has 1 aromatic heterocycles. The van der Waals surface area contributed by atoms with Crippen molar-refractivity contribution in [2.45, 2.75) is 0 Å². The van der Waals surface area contributed by atoms with Crippen molar-refractivity contribution in [2.24, 2.45) is 0 Å². The summed E-state index contributed by atoms with van der Waals surface area (Å²) in [6, 6.07) is 11.1.